The SMILES string of the molecule is CCOc1ccc(-c2ccc([C@H]3[C@@H](c4ccccn4)NC(=S)N3CCO)o2)cc1. The van der Waals surface area contributed by atoms with Crippen LogP contribution < -0.4 is 10.1 Å². The lowest BCUT2D eigenvalue weighted by molar-refractivity contribution is 0.209. The number of β-amino-alcohol motifs (C(OH)–C–C–N with tert-alkyl or cyclic N) is 1. The largest absolute Gasteiger partial charge is 0.494 e. The maximum atomic E-state index is 9.53. The zero-order valence-corrected chi connectivity index (χ0v) is 16.9. The van der Waals surface area contributed by atoms with Crippen LogP contribution >= 0.6 is 12.2 Å². The number of pyridine rings is 1. The average molecular weight is 410 g/mol. The van der Waals surface area contributed by atoms with E-state index in [0.29, 0.717) is 18.3 Å². The van der Waals surface area contributed by atoms with Crippen LogP contribution in [0.3, 0.4) is 0 Å². The first-order valence-electron chi connectivity index (χ1n) is 9.63. The first-order chi connectivity index (χ1) is 14.2. The highest BCUT2D eigenvalue weighted by molar-refractivity contribution is 7.80. The van der Waals surface area contributed by atoms with Gasteiger partial charge in [0.1, 0.15) is 23.3 Å². The number of furan rings is 1. The Hall–Kier alpha value is -2.90. The Morgan fingerprint density at radius 3 is 2.69 bits per heavy atom. The van der Waals surface area contributed by atoms with E-state index in [1.165, 1.54) is 0 Å². The van der Waals surface area contributed by atoms with E-state index in [4.69, 9.17) is 21.4 Å². The Labute approximate surface area is 175 Å². The van der Waals surface area contributed by atoms with E-state index in [2.05, 4.69) is 10.3 Å². The summed E-state index contributed by atoms with van der Waals surface area (Å²) in [5.41, 5.74) is 1.84. The topological polar surface area (TPSA) is 70.8 Å². The monoisotopic (exact) mass is 409 g/mol. The van der Waals surface area contributed by atoms with Crippen LogP contribution in [0.4, 0.5) is 0 Å². The third-order valence-corrected chi connectivity index (χ3v) is 5.26. The molecule has 7 heteroatoms. The molecular formula is C22H23N3O3S. The predicted octanol–water partition coefficient (Wildman–Crippen LogP) is 3.71. The summed E-state index contributed by atoms with van der Waals surface area (Å²) in [6.07, 6.45) is 1.76. The summed E-state index contributed by atoms with van der Waals surface area (Å²) in [7, 11) is 0. The van der Waals surface area contributed by atoms with Gasteiger partial charge in [0.15, 0.2) is 5.11 Å². The Morgan fingerprint density at radius 2 is 2.00 bits per heavy atom. The van der Waals surface area contributed by atoms with Crippen molar-refractivity contribution in [2.24, 2.45) is 0 Å². The molecule has 0 aliphatic carbocycles. The molecule has 2 atom stereocenters. The molecule has 2 N–H and O–H groups in total. The van der Waals surface area contributed by atoms with Crippen LogP contribution in [0.5, 0.6) is 5.75 Å². The van der Waals surface area contributed by atoms with Gasteiger partial charge in [-0.05, 0) is 67.7 Å². The zero-order valence-electron chi connectivity index (χ0n) is 16.1. The standard InChI is InChI=1S/C22H23N3O3S/c1-2-27-16-8-6-15(7-9-16)18-10-11-19(28-18)21-20(17-5-3-4-12-23-17)24-22(29)25(21)13-14-26/h3-12,20-21,26H,2,13-14H2,1H3,(H,24,29)/t20-,21+/m1/s1. The number of hydrogen-bond acceptors (Lipinski definition) is 5. The molecule has 1 aromatic carbocycles. The summed E-state index contributed by atoms with van der Waals surface area (Å²) >= 11 is 5.52. The number of nitrogens with one attached hydrogen (secondary N) is 1. The number of nitrogens with zero attached hydrogens (tertiary/aromatic N) is 2. The van der Waals surface area contributed by atoms with E-state index in [0.717, 1.165) is 28.5 Å². The van der Waals surface area contributed by atoms with Crippen LogP contribution in [0.15, 0.2) is 65.2 Å². The summed E-state index contributed by atoms with van der Waals surface area (Å²) in [6, 6.07) is 17.2. The second kappa shape index (κ2) is 8.63. The number of benzene rings is 1. The predicted molar refractivity (Wildman–Crippen MR) is 115 cm³/mol. The number of hydrogen-bond donors (Lipinski definition) is 2. The Morgan fingerprint density at radius 1 is 1.17 bits per heavy atom. The van der Waals surface area contributed by atoms with Gasteiger partial charge in [-0.2, -0.15) is 0 Å². The minimum atomic E-state index is -0.194. The number of aliphatic hydroxyl groups is 1. The second-order valence-electron chi connectivity index (χ2n) is 6.70. The summed E-state index contributed by atoms with van der Waals surface area (Å²) < 4.78 is 11.7. The first kappa shape index (κ1) is 19.4. The van der Waals surface area contributed by atoms with Gasteiger partial charge in [0.05, 0.1) is 24.9 Å². The Balaban J connectivity index is 1.66. The molecule has 0 radical (unpaired) electrons. The summed E-state index contributed by atoms with van der Waals surface area (Å²) in [4.78, 5) is 6.44. The smallest absolute Gasteiger partial charge is 0.170 e. The minimum Gasteiger partial charge on any atom is -0.494 e. The molecule has 1 aliphatic heterocycles. The van der Waals surface area contributed by atoms with Crippen molar-refractivity contribution in [1.82, 2.24) is 15.2 Å². The number of aliphatic hydroxyl groups excluding tert-OH is 1. The summed E-state index contributed by atoms with van der Waals surface area (Å²) in [6.45, 7) is 3.01. The van der Waals surface area contributed by atoms with Crippen LogP contribution in [0.1, 0.15) is 30.5 Å². The summed E-state index contributed by atoms with van der Waals surface area (Å²) in [5.74, 6) is 2.37. The van der Waals surface area contributed by atoms with E-state index < -0.39 is 0 Å². The molecule has 2 aromatic heterocycles. The van der Waals surface area contributed by atoms with E-state index in [1.54, 1.807) is 6.20 Å². The van der Waals surface area contributed by atoms with Crippen molar-refractivity contribution in [3.63, 3.8) is 0 Å². The molecule has 3 heterocycles. The highest BCUT2D eigenvalue weighted by Gasteiger charge is 2.41. The molecule has 0 unspecified atom stereocenters. The van der Waals surface area contributed by atoms with Crippen molar-refractivity contribution in [2.45, 2.75) is 19.0 Å². The number of rotatable bonds is 7. The van der Waals surface area contributed by atoms with Crippen molar-refractivity contribution < 1.29 is 14.3 Å². The van der Waals surface area contributed by atoms with E-state index >= 15 is 0 Å². The number of aromatic nitrogens is 1. The molecule has 29 heavy (non-hydrogen) atoms. The van der Waals surface area contributed by atoms with Crippen LogP contribution in [-0.2, 0) is 0 Å². The first-order valence-corrected chi connectivity index (χ1v) is 10.0. The number of thiocarbonyl (C=S) groups is 1. The van der Waals surface area contributed by atoms with Crippen molar-refractivity contribution >= 4 is 17.3 Å². The Kier molecular flexibility index (Phi) is 5.78. The molecular weight excluding hydrogens is 386 g/mol. The molecule has 0 bridgehead atoms. The quantitative estimate of drug-likeness (QED) is 0.577. The molecule has 150 valence electrons. The maximum Gasteiger partial charge on any atom is 0.170 e. The van der Waals surface area contributed by atoms with Gasteiger partial charge in [0.25, 0.3) is 0 Å². The molecule has 3 aromatic rings. The fourth-order valence-corrected chi connectivity index (χ4v) is 3.94. The third-order valence-electron chi connectivity index (χ3n) is 4.91. The summed E-state index contributed by atoms with van der Waals surface area (Å²) in [5, 5.41) is 13.4. The van der Waals surface area contributed by atoms with Crippen LogP contribution in [-0.4, -0.2) is 39.9 Å². The van der Waals surface area contributed by atoms with Crippen LogP contribution in [0.25, 0.3) is 11.3 Å². The fourth-order valence-electron chi connectivity index (χ4n) is 3.61. The zero-order chi connectivity index (χ0) is 20.2. The highest BCUT2D eigenvalue weighted by Crippen LogP contribution is 2.40. The lowest BCUT2D eigenvalue weighted by atomic mass is 10.0. The molecule has 1 saturated heterocycles. The second-order valence-corrected chi connectivity index (χ2v) is 7.09. The van der Waals surface area contributed by atoms with Crippen LogP contribution in [0.2, 0.25) is 0 Å². The van der Waals surface area contributed by atoms with Gasteiger partial charge < -0.3 is 24.5 Å². The Bertz CT molecular complexity index is 959. The van der Waals surface area contributed by atoms with Gasteiger partial charge in [-0.25, -0.2) is 0 Å². The molecule has 1 aliphatic rings. The van der Waals surface area contributed by atoms with Crippen LogP contribution in [0, 0.1) is 0 Å². The molecule has 4 rings (SSSR count). The van der Waals surface area contributed by atoms with Crippen molar-refractivity contribution in [2.75, 3.05) is 19.8 Å². The van der Waals surface area contributed by atoms with E-state index in [-0.39, 0.29) is 18.7 Å². The normalized spacial score (nSPS) is 18.7. The minimum absolute atomic E-state index is 0.000283. The van der Waals surface area contributed by atoms with E-state index in [1.807, 2.05) is 66.4 Å². The van der Waals surface area contributed by atoms with Gasteiger partial charge >= 0.3 is 0 Å². The van der Waals surface area contributed by atoms with Gasteiger partial charge in [-0.15, -0.1) is 0 Å². The van der Waals surface area contributed by atoms with Crippen molar-refractivity contribution in [3.8, 4) is 17.1 Å². The average Bonchev–Trinajstić information content (AvgIpc) is 3.35. The van der Waals surface area contributed by atoms with Crippen molar-refractivity contribution in [3.05, 3.63) is 72.2 Å². The third kappa shape index (κ3) is 3.97. The molecule has 0 amide bonds. The van der Waals surface area contributed by atoms with Gasteiger partial charge in [-0.1, -0.05) is 6.07 Å². The van der Waals surface area contributed by atoms with Gasteiger partial charge in [-0.3, -0.25) is 4.98 Å². The molecule has 0 saturated carbocycles. The lowest BCUT2D eigenvalue weighted by Crippen LogP contribution is -2.32. The number of ether oxygens (including phenoxy) is 1. The molecule has 6 nitrogen and oxygen atoms in total. The van der Waals surface area contributed by atoms with Gasteiger partial charge in [0, 0.05) is 18.3 Å². The fraction of sp³-hybridized carbons (Fsp3) is 0.273. The van der Waals surface area contributed by atoms with Gasteiger partial charge in [0.2, 0.25) is 0 Å². The molecule has 1 fully saturated rings. The highest BCUT2D eigenvalue weighted by atomic mass is 32.1. The lowest BCUT2D eigenvalue weighted by Gasteiger charge is -2.25. The molecule has 0 spiro atoms. The maximum absolute atomic E-state index is 9.53. The van der Waals surface area contributed by atoms with Crippen molar-refractivity contribution in [1.29, 1.82) is 0 Å². The van der Waals surface area contributed by atoms with E-state index in [9.17, 15) is 5.11 Å².